The molecule has 2 atom stereocenters. The van der Waals surface area contributed by atoms with Crippen LogP contribution in [0.1, 0.15) is 35.7 Å². The topological polar surface area (TPSA) is 32.3 Å². The van der Waals surface area contributed by atoms with Gasteiger partial charge in [-0.2, -0.15) is 11.8 Å². The van der Waals surface area contributed by atoms with Crippen LogP contribution in [0.3, 0.4) is 0 Å². The molecule has 2 aliphatic rings. The Morgan fingerprint density at radius 2 is 2.05 bits per heavy atom. The SMILES string of the molecule is Cc1ccc(C2NC(C)C(=O)N2C2CCSCC2)s1. The van der Waals surface area contributed by atoms with Gasteiger partial charge in [0.25, 0.3) is 0 Å². The number of hydrogen-bond acceptors (Lipinski definition) is 4. The number of thiophene rings is 1. The van der Waals surface area contributed by atoms with Gasteiger partial charge in [0.15, 0.2) is 0 Å². The van der Waals surface area contributed by atoms with E-state index in [4.69, 9.17) is 0 Å². The molecular weight excluding hydrogens is 276 g/mol. The Balaban J connectivity index is 1.86. The van der Waals surface area contributed by atoms with Crippen molar-refractivity contribution in [3.63, 3.8) is 0 Å². The van der Waals surface area contributed by atoms with Crippen LogP contribution in [-0.2, 0) is 4.79 Å². The summed E-state index contributed by atoms with van der Waals surface area (Å²) in [6, 6.07) is 4.66. The third-order valence-electron chi connectivity index (χ3n) is 3.93. The van der Waals surface area contributed by atoms with E-state index < -0.39 is 0 Å². The van der Waals surface area contributed by atoms with Gasteiger partial charge in [0, 0.05) is 15.8 Å². The van der Waals surface area contributed by atoms with E-state index in [1.165, 1.54) is 21.3 Å². The highest BCUT2D eigenvalue weighted by atomic mass is 32.2. The van der Waals surface area contributed by atoms with E-state index in [-0.39, 0.29) is 18.1 Å². The van der Waals surface area contributed by atoms with E-state index in [1.807, 2.05) is 18.7 Å². The molecule has 3 nitrogen and oxygen atoms in total. The van der Waals surface area contributed by atoms with Crippen molar-refractivity contribution in [1.29, 1.82) is 0 Å². The van der Waals surface area contributed by atoms with E-state index in [0.29, 0.717) is 6.04 Å². The molecule has 1 aromatic rings. The molecule has 0 radical (unpaired) electrons. The minimum absolute atomic E-state index is 0.0537. The van der Waals surface area contributed by atoms with Gasteiger partial charge in [-0.3, -0.25) is 10.1 Å². The van der Waals surface area contributed by atoms with Crippen molar-refractivity contribution < 1.29 is 4.79 Å². The molecule has 3 rings (SSSR count). The molecule has 2 unspecified atom stereocenters. The lowest BCUT2D eigenvalue weighted by Crippen LogP contribution is -2.41. The first-order valence-electron chi connectivity index (χ1n) is 6.89. The van der Waals surface area contributed by atoms with Crippen LogP contribution >= 0.6 is 23.1 Å². The normalized spacial score (nSPS) is 29.2. The highest BCUT2D eigenvalue weighted by molar-refractivity contribution is 7.99. The number of nitrogens with one attached hydrogen (secondary N) is 1. The van der Waals surface area contributed by atoms with Crippen molar-refractivity contribution in [1.82, 2.24) is 10.2 Å². The van der Waals surface area contributed by atoms with Crippen molar-refractivity contribution in [3.8, 4) is 0 Å². The van der Waals surface area contributed by atoms with Crippen LogP contribution in [0.4, 0.5) is 0 Å². The van der Waals surface area contributed by atoms with Gasteiger partial charge < -0.3 is 4.90 Å². The van der Waals surface area contributed by atoms with E-state index in [9.17, 15) is 4.79 Å². The minimum atomic E-state index is -0.0537. The van der Waals surface area contributed by atoms with E-state index in [0.717, 1.165) is 12.8 Å². The molecule has 3 heterocycles. The van der Waals surface area contributed by atoms with Crippen LogP contribution in [0, 0.1) is 6.92 Å². The first kappa shape index (κ1) is 13.5. The maximum absolute atomic E-state index is 12.5. The largest absolute Gasteiger partial charge is 0.318 e. The molecule has 19 heavy (non-hydrogen) atoms. The fraction of sp³-hybridized carbons (Fsp3) is 0.643. The number of nitrogens with zero attached hydrogens (tertiary/aromatic N) is 1. The molecule has 1 aromatic heterocycles. The summed E-state index contributed by atoms with van der Waals surface area (Å²) in [5, 5.41) is 3.46. The highest BCUT2D eigenvalue weighted by Crippen LogP contribution is 2.35. The molecule has 2 fully saturated rings. The van der Waals surface area contributed by atoms with Crippen molar-refractivity contribution >= 4 is 29.0 Å². The van der Waals surface area contributed by atoms with Crippen LogP contribution < -0.4 is 5.32 Å². The zero-order valence-corrected chi connectivity index (χ0v) is 13.0. The van der Waals surface area contributed by atoms with Crippen LogP contribution in [0.2, 0.25) is 0 Å². The van der Waals surface area contributed by atoms with Gasteiger partial charge in [-0.25, -0.2) is 0 Å². The molecule has 0 saturated carbocycles. The fourth-order valence-electron chi connectivity index (χ4n) is 2.91. The second-order valence-corrected chi connectivity index (χ2v) is 7.87. The monoisotopic (exact) mass is 296 g/mol. The Kier molecular flexibility index (Phi) is 3.87. The van der Waals surface area contributed by atoms with Gasteiger partial charge in [0.2, 0.25) is 5.91 Å². The van der Waals surface area contributed by atoms with E-state index in [1.54, 1.807) is 11.3 Å². The molecule has 0 bridgehead atoms. The summed E-state index contributed by atoms with van der Waals surface area (Å²) in [5.41, 5.74) is 0. The Labute approximate surface area is 122 Å². The van der Waals surface area contributed by atoms with Crippen molar-refractivity contribution in [2.45, 2.75) is 44.9 Å². The molecular formula is C14H20N2OS2. The van der Waals surface area contributed by atoms with Gasteiger partial charge >= 0.3 is 0 Å². The third-order valence-corrected chi connectivity index (χ3v) is 6.03. The summed E-state index contributed by atoms with van der Waals surface area (Å²) in [6.07, 6.45) is 2.35. The average molecular weight is 296 g/mol. The van der Waals surface area contributed by atoms with Gasteiger partial charge in [-0.05, 0) is 50.3 Å². The Hall–Kier alpha value is -0.520. The Morgan fingerprint density at radius 1 is 1.32 bits per heavy atom. The summed E-state index contributed by atoms with van der Waals surface area (Å²) in [6.45, 7) is 4.10. The summed E-state index contributed by atoms with van der Waals surface area (Å²) >= 11 is 3.80. The fourth-order valence-corrected chi connectivity index (χ4v) is 4.93. The standard InChI is InChI=1S/C14H20N2OS2/c1-9-3-4-12(19-9)13-15-10(2)14(17)16(13)11-5-7-18-8-6-11/h3-4,10-11,13,15H,5-8H2,1-2H3. The van der Waals surface area contributed by atoms with Crippen LogP contribution in [-0.4, -0.2) is 34.4 Å². The number of hydrogen-bond donors (Lipinski definition) is 1. The number of carbonyl (C=O) groups excluding carboxylic acids is 1. The van der Waals surface area contributed by atoms with Crippen LogP contribution in [0.5, 0.6) is 0 Å². The molecule has 2 saturated heterocycles. The van der Waals surface area contributed by atoms with Crippen LogP contribution in [0.25, 0.3) is 0 Å². The van der Waals surface area contributed by atoms with E-state index in [2.05, 4.69) is 29.3 Å². The molecule has 0 aromatic carbocycles. The molecule has 2 aliphatic heterocycles. The minimum Gasteiger partial charge on any atom is -0.318 e. The first-order valence-corrected chi connectivity index (χ1v) is 8.86. The van der Waals surface area contributed by atoms with Gasteiger partial charge in [-0.15, -0.1) is 11.3 Å². The number of carbonyl (C=O) groups is 1. The van der Waals surface area contributed by atoms with Gasteiger partial charge in [0.1, 0.15) is 6.17 Å². The maximum atomic E-state index is 12.5. The number of thioether (sulfide) groups is 1. The smallest absolute Gasteiger partial charge is 0.241 e. The summed E-state index contributed by atoms with van der Waals surface area (Å²) < 4.78 is 0. The zero-order valence-electron chi connectivity index (χ0n) is 11.4. The van der Waals surface area contributed by atoms with Gasteiger partial charge in [-0.1, -0.05) is 0 Å². The summed E-state index contributed by atoms with van der Waals surface area (Å²) in [4.78, 5) is 17.2. The second-order valence-electron chi connectivity index (χ2n) is 5.33. The highest BCUT2D eigenvalue weighted by Gasteiger charge is 2.41. The zero-order chi connectivity index (χ0) is 13.4. The lowest BCUT2D eigenvalue weighted by Gasteiger charge is -2.34. The molecule has 1 N–H and O–H groups in total. The lowest BCUT2D eigenvalue weighted by atomic mass is 10.1. The molecule has 5 heteroatoms. The Morgan fingerprint density at radius 3 is 2.68 bits per heavy atom. The molecule has 0 aliphatic carbocycles. The molecule has 1 amide bonds. The van der Waals surface area contributed by atoms with Gasteiger partial charge in [0.05, 0.1) is 6.04 Å². The molecule has 104 valence electrons. The first-order chi connectivity index (χ1) is 9.16. The molecule has 0 spiro atoms. The van der Waals surface area contributed by atoms with E-state index >= 15 is 0 Å². The number of aryl methyl sites for hydroxylation is 1. The van der Waals surface area contributed by atoms with Crippen molar-refractivity contribution in [2.75, 3.05) is 11.5 Å². The average Bonchev–Trinajstić information content (AvgIpc) is 2.96. The predicted octanol–water partition coefficient (Wildman–Crippen LogP) is 2.77. The Bertz CT molecular complexity index is 468. The van der Waals surface area contributed by atoms with Crippen molar-refractivity contribution in [2.24, 2.45) is 0 Å². The number of amides is 1. The van der Waals surface area contributed by atoms with Crippen LogP contribution in [0.15, 0.2) is 12.1 Å². The maximum Gasteiger partial charge on any atom is 0.241 e. The summed E-state index contributed by atoms with van der Waals surface area (Å²) in [5.74, 6) is 2.63. The summed E-state index contributed by atoms with van der Waals surface area (Å²) in [7, 11) is 0. The predicted molar refractivity (Wildman–Crippen MR) is 81.6 cm³/mol. The number of rotatable bonds is 2. The second kappa shape index (κ2) is 5.46. The van der Waals surface area contributed by atoms with Crippen molar-refractivity contribution in [3.05, 3.63) is 21.9 Å². The quantitative estimate of drug-likeness (QED) is 0.911. The third kappa shape index (κ3) is 2.56. The lowest BCUT2D eigenvalue weighted by molar-refractivity contribution is -0.132.